The maximum atomic E-state index is 14.0. The summed E-state index contributed by atoms with van der Waals surface area (Å²) in [6, 6.07) is 15.1. The van der Waals surface area contributed by atoms with E-state index in [1.807, 2.05) is 4.90 Å². The van der Waals surface area contributed by atoms with Gasteiger partial charge in [0.1, 0.15) is 5.82 Å². The third kappa shape index (κ3) is 5.20. The lowest BCUT2D eigenvalue weighted by atomic mass is 9.83. The lowest BCUT2D eigenvalue weighted by Crippen LogP contribution is -2.49. The van der Waals surface area contributed by atoms with Crippen LogP contribution in [0.15, 0.2) is 48.5 Å². The van der Waals surface area contributed by atoms with Crippen molar-refractivity contribution in [3.8, 4) is 0 Å². The summed E-state index contributed by atoms with van der Waals surface area (Å²) < 4.78 is 14.0. The second kappa shape index (κ2) is 10.3. The van der Waals surface area contributed by atoms with Gasteiger partial charge in [0.05, 0.1) is 5.92 Å². The van der Waals surface area contributed by atoms with Gasteiger partial charge in [-0.25, -0.2) is 4.39 Å². The fourth-order valence-corrected chi connectivity index (χ4v) is 5.14. The van der Waals surface area contributed by atoms with Crippen molar-refractivity contribution >= 4 is 11.8 Å². The minimum absolute atomic E-state index is 0.0957. The van der Waals surface area contributed by atoms with Gasteiger partial charge in [0.15, 0.2) is 0 Å². The van der Waals surface area contributed by atoms with E-state index in [4.69, 9.17) is 0 Å². The van der Waals surface area contributed by atoms with Crippen LogP contribution in [0.2, 0.25) is 0 Å². The molecule has 0 radical (unpaired) electrons. The highest BCUT2D eigenvalue weighted by Gasteiger charge is 2.37. The molecule has 5 heteroatoms. The zero-order valence-corrected chi connectivity index (χ0v) is 18.9. The maximum Gasteiger partial charge on any atom is 0.225 e. The topological polar surface area (TPSA) is 49.4 Å². The number of benzene rings is 2. The van der Waals surface area contributed by atoms with E-state index < -0.39 is 0 Å². The van der Waals surface area contributed by atoms with Crippen LogP contribution in [0.25, 0.3) is 0 Å². The van der Waals surface area contributed by atoms with Crippen molar-refractivity contribution in [1.82, 2.24) is 10.2 Å². The monoisotopic (exact) mass is 436 g/mol. The average molecular weight is 437 g/mol. The van der Waals surface area contributed by atoms with Crippen molar-refractivity contribution in [2.75, 3.05) is 13.1 Å². The first-order valence-corrected chi connectivity index (χ1v) is 11.9. The molecule has 2 aromatic rings. The molecule has 2 fully saturated rings. The Kier molecular flexibility index (Phi) is 7.23. The molecule has 4 rings (SSSR count). The number of hydrogen-bond donors (Lipinski definition) is 1. The molecule has 1 saturated heterocycles. The Bertz CT molecular complexity index is 937. The van der Waals surface area contributed by atoms with E-state index in [0.717, 1.165) is 32.1 Å². The van der Waals surface area contributed by atoms with Crippen LogP contribution in [0.1, 0.15) is 61.6 Å². The first-order valence-electron chi connectivity index (χ1n) is 11.9. The number of carbonyl (C=O) groups excluding carboxylic acids is 2. The highest BCUT2D eigenvalue weighted by molar-refractivity contribution is 5.82. The van der Waals surface area contributed by atoms with Gasteiger partial charge in [-0.3, -0.25) is 9.59 Å². The van der Waals surface area contributed by atoms with Crippen molar-refractivity contribution in [3.05, 3.63) is 71.0 Å². The third-order valence-corrected chi connectivity index (χ3v) is 7.11. The molecule has 4 nitrogen and oxygen atoms in total. The van der Waals surface area contributed by atoms with Crippen molar-refractivity contribution in [2.24, 2.45) is 11.8 Å². The summed E-state index contributed by atoms with van der Waals surface area (Å²) in [6.45, 7) is 3.40. The number of carbonyl (C=O) groups is 2. The van der Waals surface area contributed by atoms with Gasteiger partial charge < -0.3 is 10.2 Å². The predicted octanol–water partition coefficient (Wildman–Crippen LogP) is 4.83. The van der Waals surface area contributed by atoms with Gasteiger partial charge in [-0.05, 0) is 42.9 Å². The molecule has 1 saturated carbocycles. The van der Waals surface area contributed by atoms with Crippen molar-refractivity contribution in [1.29, 1.82) is 0 Å². The van der Waals surface area contributed by atoms with Crippen molar-refractivity contribution in [3.63, 3.8) is 0 Å². The molecule has 1 aliphatic heterocycles. The van der Waals surface area contributed by atoms with E-state index >= 15 is 0 Å². The number of nitrogens with zero attached hydrogens (tertiary/aromatic N) is 1. The second-order valence-electron chi connectivity index (χ2n) is 9.26. The molecule has 2 aliphatic rings. The summed E-state index contributed by atoms with van der Waals surface area (Å²) in [4.78, 5) is 28.2. The summed E-state index contributed by atoms with van der Waals surface area (Å²) in [5.41, 5.74) is 2.93. The Balaban J connectivity index is 1.49. The molecule has 0 bridgehead atoms. The van der Waals surface area contributed by atoms with Crippen LogP contribution in [-0.2, 0) is 22.6 Å². The van der Waals surface area contributed by atoms with E-state index in [1.54, 1.807) is 18.2 Å². The molecule has 2 amide bonds. The number of piperidine rings is 1. The Morgan fingerprint density at radius 3 is 2.41 bits per heavy atom. The number of aryl methyl sites for hydroxylation is 1. The molecule has 1 heterocycles. The number of amides is 2. The summed E-state index contributed by atoms with van der Waals surface area (Å²) in [5.74, 6) is -0.292. The lowest BCUT2D eigenvalue weighted by Gasteiger charge is -2.38. The Hall–Kier alpha value is -2.69. The van der Waals surface area contributed by atoms with Crippen LogP contribution in [-0.4, -0.2) is 29.8 Å². The number of rotatable bonds is 6. The van der Waals surface area contributed by atoms with Gasteiger partial charge >= 0.3 is 0 Å². The quantitative estimate of drug-likeness (QED) is 0.705. The van der Waals surface area contributed by atoms with Gasteiger partial charge in [0, 0.05) is 37.0 Å². The van der Waals surface area contributed by atoms with E-state index in [9.17, 15) is 14.0 Å². The molecule has 1 N–H and O–H groups in total. The summed E-state index contributed by atoms with van der Waals surface area (Å²) >= 11 is 0. The van der Waals surface area contributed by atoms with Crippen LogP contribution in [0, 0.1) is 17.7 Å². The number of likely N-dealkylation sites (tertiary alicyclic amines) is 1. The highest BCUT2D eigenvalue weighted by atomic mass is 19.1. The summed E-state index contributed by atoms with van der Waals surface area (Å²) in [7, 11) is 0. The molecule has 1 aliphatic carbocycles. The van der Waals surface area contributed by atoms with Gasteiger partial charge in [-0.1, -0.05) is 62.2 Å². The zero-order valence-electron chi connectivity index (χ0n) is 18.9. The largest absolute Gasteiger partial charge is 0.352 e. The summed E-state index contributed by atoms with van der Waals surface area (Å²) in [5, 5.41) is 2.91. The fourth-order valence-electron chi connectivity index (χ4n) is 5.14. The second-order valence-corrected chi connectivity index (χ2v) is 9.26. The van der Waals surface area contributed by atoms with Crippen LogP contribution in [0.4, 0.5) is 4.39 Å². The van der Waals surface area contributed by atoms with Crippen molar-refractivity contribution < 1.29 is 14.0 Å². The molecule has 0 aromatic heterocycles. The van der Waals surface area contributed by atoms with E-state index in [2.05, 4.69) is 36.5 Å². The molecule has 2 aromatic carbocycles. The number of nitrogens with one attached hydrogen (secondary N) is 1. The van der Waals surface area contributed by atoms with Gasteiger partial charge in [0.2, 0.25) is 11.8 Å². The van der Waals surface area contributed by atoms with Gasteiger partial charge in [-0.2, -0.15) is 0 Å². The molecular formula is C27H33FN2O2. The van der Waals surface area contributed by atoms with E-state index in [0.29, 0.717) is 25.1 Å². The first-order chi connectivity index (χ1) is 15.5. The first kappa shape index (κ1) is 22.5. The molecule has 32 heavy (non-hydrogen) atoms. The zero-order chi connectivity index (χ0) is 22.5. The highest BCUT2D eigenvalue weighted by Crippen LogP contribution is 2.34. The molecule has 0 unspecified atom stereocenters. The third-order valence-electron chi connectivity index (χ3n) is 7.11. The van der Waals surface area contributed by atoms with Crippen molar-refractivity contribution in [2.45, 2.75) is 57.9 Å². The number of hydrogen-bond acceptors (Lipinski definition) is 2. The van der Waals surface area contributed by atoms with E-state index in [1.165, 1.54) is 17.2 Å². The normalized spacial score (nSPS) is 21.5. The molecule has 170 valence electrons. The minimum atomic E-state index is -0.316. The fraction of sp³-hybridized carbons (Fsp3) is 0.481. The summed E-state index contributed by atoms with van der Waals surface area (Å²) in [6.07, 6.45) is 5.81. The van der Waals surface area contributed by atoms with Crippen LogP contribution < -0.4 is 5.32 Å². The smallest absolute Gasteiger partial charge is 0.225 e. The molecule has 2 atom stereocenters. The Morgan fingerprint density at radius 2 is 1.72 bits per heavy atom. The van der Waals surface area contributed by atoms with Crippen LogP contribution in [0.3, 0.4) is 0 Å². The predicted molar refractivity (Wildman–Crippen MR) is 123 cm³/mol. The average Bonchev–Trinajstić information content (AvgIpc) is 3.37. The number of halogens is 1. The minimum Gasteiger partial charge on any atom is -0.352 e. The van der Waals surface area contributed by atoms with Gasteiger partial charge in [-0.15, -0.1) is 0 Å². The SMILES string of the molecule is CCc1ccc([C@H]2C[C@@H](C(=O)NCc3ccccc3F)CN(C(=O)C3CCCC3)C2)cc1. The van der Waals surface area contributed by atoms with Gasteiger partial charge in [0.25, 0.3) is 0 Å². The lowest BCUT2D eigenvalue weighted by molar-refractivity contribution is -0.139. The maximum absolute atomic E-state index is 14.0. The molecular weight excluding hydrogens is 403 g/mol. The van der Waals surface area contributed by atoms with Crippen LogP contribution in [0.5, 0.6) is 0 Å². The standard InChI is InChI=1S/C27H33FN2O2/c1-2-19-11-13-20(14-12-19)23-15-24(18-30(17-23)27(32)21-7-3-4-8-21)26(31)29-16-22-9-5-6-10-25(22)28/h5-6,9-14,21,23-24H,2-4,7-8,15-18H2,1H3,(H,29,31)/t23-,24+/m0/s1. The Labute approximate surface area is 190 Å². The van der Waals surface area contributed by atoms with E-state index in [-0.39, 0.29) is 41.9 Å². The molecule has 0 spiro atoms. The Morgan fingerprint density at radius 1 is 1.00 bits per heavy atom. The van der Waals surface area contributed by atoms with Crippen LogP contribution >= 0.6 is 0 Å².